The lowest BCUT2D eigenvalue weighted by atomic mass is 10.1. The molecule has 0 aromatic heterocycles. The van der Waals surface area contributed by atoms with Crippen molar-refractivity contribution in [2.45, 2.75) is 30.2 Å². The van der Waals surface area contributed by atoms with Gasteiger partial charge in [-0.3, -0.25) is 9.59 Å². The normalized spacial score (nSPS) is 21.2. The molecule has 0 spiro atoms. The van der Waals surface area contributed by atoms with Crippen LogP contribution in [-0.2, 0) is 9.59 Å². The molecule has 0 saturated heterocycles. The number of carbonyl (C=O) groups excluding carboxylic acids is 1. The van der Waals surface area contributed by atoms with E-state index in [0.29, 0.717) is 29.3 Å². The van der Waals surface area contributed by atoms with Crippen LogP contribution in [0.1, 0.15) is 19.3 Å². The summed E-state index contributed by atoms with van der Waals surface area (Å²) in [6.07, 6.45) is 1.84. The highest BCUT2D eigenvalue weighted by atomic mass is 35.5. The van der Waals surface area contributed by atoms with Gasteiger partial charge in [-0.05, 0) is 37.5 Å². The van der Waals surface area contributed by atoms with Crippen molar-refractivity contribution in [1.29, 1.82) is 0 Å². The van der Waals surface area contributed by atoms with Crippen LogP contribution in [0.15, 0.2) is 23.1 Å². The topological polar surface area (TPSA) is 66.4 Å². The number of hydrogen-bond donors (Lipinski definition) is 2. The molecule has 0 aliphatic heterocycles. The molecule has 114 valence electrons. The molecule has 2 N–H and O–H groups in total. The molecular weight excluding hydrogens is 333 g/mol. The molecule has 0 radical (unpaired) electrons. The van der Waals surface area contributed by atoms with Gasteiger partial charge in [0.25, 0.3) is 0 Å². The number of carboxylic acid groups (broad SMARTS) is 1. The lowest BCUT2D eigenvalue weighted by molar-refractivity contribution is -0.141. The number of carboxylic acids is 1. The lowest BCUT2D eigenvalue weighted by Gasteiger charge is -2.12. The second-order valence-corrected chi connectivity index (χ2v) is 6.84. The van der Waals surface area contributed by atoms with Crippen LogP contribution in [0.25, 0.3) is 0 Å². The van der Waals surface area contributed by atoms with Gasteiger partial charge in [0.15, 0.2) is 0 Å². The third-order valence-corrected chi connectivity index (χ3v) is 5.13. The van der Waals surface area contributed by atoms with Gasteiger partial charge >= 0.3 is 5.97 Å². The summed E-state index contributed by atoms with van der Waals surface area (Å²) in [5.41, 5.74) is 0. The number of amides is 1. The number of nitrogens with one attached hydrogen (secondary N) is 1. The summed E-state index contributed by atoms with van der Waals surface area (Å²) >= 11 is 13.2. The summed E-state index contributed by atoms with van der Waals surface area (Å²) in [6, 6.07) is 5.06. The van der Waals surface area contributed by atoms with Gasteiger partial charge in [-0.1, -0.05) is 23.2 Å². The van der Waals surface area contributed by atoms with E-state index in [1.165, 1.54) is 11.8 Å². The zero-order valence-electron chi connectivity index (χ0n) is 11.1. The monoisotopic (exact) mass is 347 g/mol. The van der Waals surface area contributed by atoms with Crippen molar-refractivity contribution in [3.05, 3.63) is 28.2 Å². The van der Waals surface area contributed by atoms with Crippen molar-refractivity contribution in [3.8, 4) is 0 Å². The van der Waals surface area contributed by atoms with Crippen molar-refractivity contribution < 1.29 is 14.7 Å². The zero-order valence-corrected chi connectivity index (χ0v) is 13.5. The van der Waals surface area contributed by atoms with Gasteiger partial charge in [0.1, 0.15) is 0 Å². The molecule has 0 heterocycles. The van der Waals surface area contributed by atoms with Gasteiger partial charge in [-0.15, -0.1) is 11.8 Å². The quantitative estimate of drug-likeness (QED) is 0.800. The van der Waals surface area contributed by atoms with E-state index < -0.39 is 5.97 Å². The summed E-state index contributed by atoms with van der Waals surface area (Å²) < 4.78 is 0. The minimum absolute atomic E-state index is 0.0472. The smallest absolute Gasteiger partial charge is 0.306 e. The number of hydrogen-bond acceptors (Lipinski definition) is 3. The largest absolute Gasteiger partial charge is 0.481 e. The fourth-order valence-corrected chi connectivity index (χ4v) is 3.64. The predicted molar refractivity (Wildman–Crippen MR) is 84.1 cm³/mol. The number of halogens is 2. The Balaban J connectivity index is 1.80. The van der Waals surface area contributed by atoms with E-state index in [2.05, 4.69) is 5.32 Å². The molecule has 4 nitrogen and oxygen atoms in total. The first-order valence-corrected chi connectivity index (χ1v) is 8.30. The van der Waals surface area contributed by atoms with Crippen LogP contribution in [0, 0.1) is 5.92 Å². The molecule has 7 heteroatoms. The molecule has 1 aliphatic carbocycles. The van der Waals surface area contributed by atoms with Crippen LogP contribution in [-0.4, -0.2) is 28.8 Å². The summed E-state index contributed by atoms with van der Waals surface area (Å²) in [7, 11) is 0. The second kappa shape index (κ2) is 7.38. The van der Waals surface area contributed by atoms with E-state index in [1.54, 1.807) is 18.2 Å². The standard InChI is InChI=1S/C14H15Cl2NO3S/c15-9-2-4-11(16)12(6-9)21-7-13(18)17-10-3-1-8(5-10)14(19)20/h2,4,6,8,10H,1,3,5,7H2,(H,17,18)(H,19,20). The Labute approximate surface area is 137 Å². The summed E-state index contributed by atoms with van der Waals surface area (Å²) in [6.45, 7) is 0. The van der Waals surface area contributed by atoms with Crippen molar-refractivity contribution in [2.75, 3.05) is 5.75 Å². The molecule has 1 aromatic carbocycles. The third-order valence-electron chi connectivity index (χ3n) is 3.40. The minimum atomic E-state index is -0.785. The third kappa shape index (κ3) is 4.80. The maximum atomic E-state index is 11.9. The molecule has 2 rings (SSSR count). The average molecular weight is 348 g/mol. The molecular formula is C14H15Cl2NO3S. The Morgan fingerprint density at radius 2 is 2.10 bits per heavy atom. The Kier molecular flexibility index (Phi) is 5.79. The van der Waals surface area contributed by atoms with Crippen LogP contribution in [0.5, 0.6) is 0 Å². The Morgan fingerprint density at radius 1 is 1.33 bits per heavy atom. The van der Waals surface area contributed by atoms with Gasteiger partial charge in [0.2, 0.25) is 5.91 Å². The summed E-state index contributed by atoms with van der Waals surface area (Å²) in [4.78, 5) is 23.5. The zero-order chi connectivity index (χ0) is 15.4. The maximum absolute atomic E-state index is 11.9. The van der Waals surface area contributed by atoms with E-state index in [1.807, 2.05) is 0 Å². The molecule has 21 heavy (non-hydrogen) atoms. The Morgan fingerprint density at radius 3 is 2.76 bits per heavy atom. The summed E-state index contributed by atoms with van der Waals surface area (Å²) in [5.74, 6) is -1.02. The molecule has 2 atom stereocenters. The van der Waals surface area contributed by atoms with Crippen molar-refractivity contribution in [2.24, 2.45) is 5.92 Å². The van der Waals surface area contributed by atoms with Crippen molar-refractivity contribution in [1.82, 2.24) is 5.32 Å². The van der Waals surface area contributed by atoms with Crippen LogP contribution < -0.4 is 5.32 Å². The highest BCUT2D eigenvalue weighted by molar-refractivity contribution is 8.00. The second-order valence-electron chi connectivity index (χ2n) is 4.98. The minimum Gasteiger partial charge on any atom is -0.481 e. The van der Waals surface area contributed by atoms with Crippen LogP contribution >= 0.6 is 35.0 Å². The van der Waals surface area contributed by atoms with E-state index in [4.69, 9.17) is 28.3 Å². The Hall–Kier alpha value is -0.910. The highest BCUT2D eigenvalue weighted by Crippen LogP contribution is 2.30. The average Bonchev–Trinajstić information content (AvgIpc) is 2.88. The molecule has 1 fully saturated rings. The number of aliphatic carboxylic acids is 1. The highest BCUT2D eigenvalue weighted by Gasteiger charge is 2.30. The van der Waals surface area contributed by atoms with Crippen LogP contribution in [0.4, 0.5) is 0 Å². The van der Waals surface area contributed by atoms with E-state index in [-0.39, 0.29) is 23.6 Å². The fraction of sp³-hybridized carbons (Fsp3) is 0.429. The first kappa shape index (κ1) is 16.5. The lowest BCUT2D eigenvalue weighted by Crippen LogP contribution is -2.34. The molecule has 1 saturated carbocycles. The predicted octanol–water partition coefficient (Wildman–Crippen LogP) is 3.46. The molecule has 2 unspecified atom stereocenters. The molecule has 1 aromatic rings. The number of rotatable bonds is 5. The van der Waals surface area contributed by atoms with Gasteiger partial charge in [0.05, 0.1) is 16.7 Å². The number of carbonyl (C=O) groups is 2. The maximum Gasteiger partial charge on any atom is 0.306 e. The van der Waals surface area contributed by atoms with Gasteiger partial charge in [0, 0.05) is 16.0 Å². The van der Waals surface area contributed by atoms with Gasteiger partial charge in [-0.2, -0.15) is 0 Å². The number of benzene rings is 1. The van der Waals surface area contributed by atoms with E-state index >= 15 is 0 Å². The van der Waals surface area contributed by atoms with Gasteiger partial charge in [-0.25, -0.2) is 0 Å². The SMILES string of the molecule is O=C(CSc1cc(Cl)ccc1Cl)NC1CCC(C(=O)O)C1. The summed E-state index contributed by atoms with van der Waals surface area (Å²) in [5, 5.41) is 12.9. The first-order chi connectivity index (χ1) is 9.95. The molecule has 1 aliphatic rings. The van der Waals surface area contributed by atoms with Crippen molar-refractivity contribution in [3.63, 3.8) is 0 Å². The van der Waals surface area contributed by atoms with Crippen LogP contribution in [0.2, 0.25) is 10.0 Å². The van der Waals surface area contributed by atoms with Crippen LogP contribution in [0.3, 0.4) is 0 Å². The molecule has 0 bridgehead atoms. The van der Waals surface area contributed by atoms with Gasteiger partial charge < -0.3 is 10.4 Å². The van der Waals surface area contributed by atoms with Crippen molar-refractivity contribution >= 4 is 46.8 Å². The van der Waals surface area contributed by atoms with E-state index in [9.17, 15) is 9.59 Å². The molecule has 1 amide bonds. The Bertz CT molecular complexity index is 553. The fourth-order valence-electron chi connectivity index (χ4n) is 2.34. The van der Waals surface area contributed by atoms with E-state index in [0.717, 1.165) is 4.90 Å². The number of thioether (sulfide) groups is 1. The first-order valence-electron chi connectivity index (χ1n) is 6.55.